The molecule has 0 saturated carbocycles. The molecule has 0 bridgehead atoms. The first-order valence-corrected chi connectivity index (χ1v) is 29.0. The fraction of sp³-hybridized carbons (Fsp3) is 0.409. The Hall–Kier alpha value is -4.63. The monoisotopic (exact) mass is 1040 g/mol. The molecule has 24 heteroatoms. The first-order chi connectivity index (χ1) is 31.4. The molecule has 0 aliphatic carbocycles. The number of benzene rings is 4. The third-order valence-electron chi connectivity index (χ3n) is 12.7. The van der Waals surface area contributed by atoms with E-state index in [-0.39, 0.29) is 60.0 Å². The molecule has 6 rings (SSSR count). The van der Waals surface area contributed by atoms with E-state index in [0.29, 0.717) is 77.3 Å². The van der Waals surface area contributed by atoms with Crippen LogP contribution >= 0.6 is 0 Å². The maximum atomic E-state index is 12.8. The van der Waals surface area contributed by atoms with Crippen molar-refractivity contribution in [3.63, 3.8) is 0 Å². The number of nitrogens with zero attached hydrogens (tertiary/aromatic N) is 2. The molecule has 0 spiro atoms. The Morgan fingerprint density at radius 3 is 1.90 bits per heavy atom. The van der Waals surface area contributed by atoms with Crippen LogP contribution in [0.15, 0.2) is 93.2 Å². The van der Waals surface area contributed by atoms with E-state index in [1.807, 2.05) is 29.4 Å². The lowest BCUT2D eigenvalue weighted by Gasteiger charge is -2.31. The molecule has 4 aromatic rings. The molecule has 19 nitrogen and oxygen atoms in total. The second kappa shape index (κ2) is 19.3. The molecule has 2 heterocycles. The Labute approximate surface area is 395 Å². The van der Waals surface area contributed by atoms with Gasteiger partial charge in [0.1, 0.15) is 11.4 Å². The molecule has 2 atom stereocenters. The van der Waals surface area contributed by atoms with Crippen LogP contribution in [0.2, 0.25) is 0 Å². The van der Waals surface area contributed by atoms with Gasteiger partial charge in [0, 0.05) is 59.3 Å². The predicted molar refractivity (Wildman–Crippen MR) is 254 cm³/mol. The largest absolute Gasteiger partial charge is 0.481 e. The number of hydrogen-bond donors (Lipinski definition) is 6. The highest BCUT2D eigenvalue weighted by molar-refractivity contribution is 7.87. The fourth-order valence-electron chi connectivity index (χ4n) is 9.90. The zero-order chi connectivity index (χ0) is 50.4. The highest BCUT2D eigenvalue weighted by Crippen LogP contribution is 2.54. The minimum Gasteiger partial charge on any atom is -0.481 e. The van der Waals surface area contributed by atoms with Crippen LogP contribution in [0.5, 0.6) is 0 Å². The molecular formula is C44H53N2O17S5+. The van der Waals surface area contributed by atoms with Crippen molar-refractivity contribution in [1.29, 1.82) is 0 Å². The summed E-state index contributed by atoms with van der Waals surface area (Å²) in [6.45, 7) is 5.84. The summed E-state index contributed by atoms with van der Waals surface area (Å²) in [5, 5.41) is 10.3. The third-order valence-corrected chi connectivity index (χ3v) is 16.9. The average molecular weight is 1040 g/mol. The normalized spacial score (nSPS) is 19.8. The molecule has 0 saturated heterocycles. The third kappa shape index (κ3) is 11.2. The molecule has 0 fully saturated rings. The van der Waals surface area contributed by atoms with Crippen molar-refractivity contribution in [2.45, 2.75) is 104 Å². The van der Waals surface area contributed by atoms with Crippen molar-refractivity contribution in [1.82, 2.24) is 0 Å². The first kappa shape index (κ1) is 52.7. The van der Waals surface area contributed by atoms with Crippen LogP contribution in [-0.2, 0) is 66.2 Å². The lowest BCUT2D eigenvalue weighted by atomic mass is 9.74. The van der Waals surface area contributed by atoms with E-state index in [0.717, 1.165) is 6.07 Å². The number of anilines is 1. The molecule has 0 amide bonds. The smallest absolute Gasteiger partial charge is 0.303 e. The molecule has 0 radical (unpaired) electrons. The highest BCUT2D eigenvalue weighted by Gasteiger charge is 2.49. The van der Waals surface area contributed by atoms with Crippen LogP contribution in [0.3, 0.4) is 0 Å². The van der Waals surface area contributed by atoms with Crippen molar-refractivity contribution in [3.8, 4) is 0 Å². The standard InChI is InChI=1S/C44H52N2O17S5/c1-4-20-43(2)38(46(23-10-25-65(52,53)54)35-18-15-29-14-16-30(66(55,56)57)26-33(29)41(35)43)11-8-12-39-44(3,21-9-24-64(49,50)51)42-34-27-31(67(58,59)60)28-37(68(61,62)63)32(34)17-19-36(42)45(39)22-7-5-6-13-40(47)48/h8,11-12,14-19,26-28H,4-7,9-10,13,20-25H2,1-3H3,(H5-,47,48,49,50,51,52,53,54,55,56,57,58,59,60,61,62,63)/p+1. The second-order valence-electron chi connectivity index (χ2n) is 17.5. The number of unbranched alkanes of at least 4 members (excludes halogenated alkanes) is 2. The van der Waals surface area contributed by atoms with Crippen LogP contribution in [0.4, 0.5) is 11.4 Å². The SMILES string of the molecule is CCCC1(C)C(/C=C/C=C2/N(CCCCCC(=O)O)c3ccc4c(S(=O)(=O)O)cc(S(=O)(=O)O)cc4c3C2(C)CCCS(=O)(=O)O)=[N+](CCCS(=O)(=O)O)c2ccc3ccc(S(=O)(=O)O)cc3c21. The van der Waals surface area contributed by atoms with Crippen molar-refractivity contribution in [2.24, 2.45) is 0 Å². The van der Waals surface area contributed by atoms with Crippen molar-refractivity contribution in [2.75, 3.05) is 29.5 Å². The van der Waals surface area contributed by atoms with Gasteiger partial charge in [-0.15, -0.1) is 0 Å². The molecule has 2 unspecified atom stereocenters. The summed E-state index contributed by atoms with van der Waals surface area (Å²) in [6, 6.07) is 12.3. The van der Waals surface area contributed by atoms with Crippen molar-refractivity contribution < 1.29 is 79.3 Å². The molecule has 0 aromatic heterocycles. The summed E-state index contributed by atoms with van der Waals surface area (Å²) >= 11 is 0. The van der Waals surface area contributed by atoms with Gasteiger partial charge in [-0.2, -0.15) is 46.7 Å². The summed E-state index contributed by atoms with van der Waals surface area (Å²) in [4.78, 5) is 11.2. The van der Waals surface area contributed by atoms with E-state index in [1.54, 1.807) is 43.4 Å². The molecule has 68 heavy (non-hydrogen) atoms. The van der Waals surface area contributed by atoms with Gasteiger partial charge in [0.2, 0.25) is 5.69 Å². The van der Waals surface area contributed by atoms with E-state index >= 15 is 0 Å². The summed E-state index contributed by atoms with van der Waals surface area (Å²) < 4.78 is 176. The summed E-state index contributed by atoms with van der Waals surface area (Å²) in [5.74, 6) is -2.28. The summed E-state index contributed by atoms with van der Waals surface area (Å²) in [6.07, 6.45) is 7.00. The number of carbonyl (C=O) groups is 1. The summed E-state index contributed by atoms with van der Waals surface area (Å²) in [5.41, 5.74) is 0.797. The lowest BCUT2D eigenvalue weighted by Crippen LogP contribution is -2.32. The van der Waals surface area contributed by atoms with E-state index < -0.39 is 88.7 Å². The first-order valence-electron chi connectivity index (χ1n) is 21.4. The van der Waals surface area contributed by atoms with Gasteiger partial charge in [-0.25, -0.2) is 0 Å². The maximum Gasteiger partial charge on any atom is 0.303 e. The van der Waals surface area contributed by atoms with Crippen molar-refractivity contribution >= 4 is 95.2 Å². The Kier molecular flexibility index (Phi) is 15.0. The molecule has 6 N–H and O–H groups in total. The molecule has 2 aliphatic rings. The van der Waals surface area contributed by atoms with Crippen LogP contribution < -0.4 is 4.90 Å². The number of allylic oxidation sites excluding steroid dienone is 4. The Morgan fingerprint density at radius 1 is 0.662 bits per heavy atom. The number of fused-ring (bicyclic) bond motifs is 6. The number of rotatable bonds is 21. The number of aliphatic carboxylic acids is 1. The summed E-state index contributed by atoms with van der Waals surface area (Å²) in [7, 11) is -23.8. The molecule has 4 aromatic carbocycles. The van der Waals surface area contributed by atoms with Gasteiger partial charge in [-0.1, -0.05) is 38.0 Å². The second-order valence-corrected chi connectivity index (χ2v) is 24.9. The van der Waals surface area contributed by atoms with Gasteiger partial charge in [-0.05, 0) is 110 Å². The van der Waals surface area contributed by atoms with Gasteiger partial charge < -0.3 is 10.0 Å². The highest BCUT2D eigenvalue weighted by atomic mass is 32.2. The molecular weight excluding hydrogens is 989 g/mol. The minimum atomic E-state index is -5.14. The van der Waals surface area contributed by atoms with Crippen molar-refractivity contribution in [3.05, 3.63) is 89.6 Å². The van der Waals surface area contributed by atoms with Gasteiger partial charge in [0.15, 0.2) is 5.71 Å². The topological polar surface area (TPSA) is 315 Å². The quantitative estimate of drug-likeness (QED) is 0.0287. The van der Waals surface area contributed by atoms with Gasteiger partial charge >= 0.3 is 5.97 Å². The van der Waals surface area contributed by atoms with Gasteiger partial charge in [0.05, 0.1) is 26.7 Å². The van der Waals surface area contributed by atoms with Crippen LogP contribution in [0.25, 0.3) is 21.5 Å². The number of carboxylic acids is 1. The van der Waals surface area contributed by atoms with Crippen LogP contribution in [0, 0.1) is 0 Å². The zero-order valence-electron chi connectivity index (χ0n) is 37.2. The Balaban J connectivity index is 1.64. The number of hydrogen-bond acceptors (Lipinski definition) is 12. The van der Waals surface area contributed by atoms with E-state index in [2.05, 4.69) is 0 Å². The maximum absolute atomic E-state index is 12.8. The lowest BCUT2D eigenvalue weighted by molar-refractivity contribution is -0.437. The van der Waals surface area contributed by atoms with Gasteiger partial charge in [-0.3, -0.25) is 27.6 Å². The van der Waals surface area contributed by atoms with Gasteiger partial charge in [0.25, 0.3) is 50.6 Å². The van der Waals surface area contributed by atoms with E-state index in [9.17, 15) is 74.8 Å². The predicted octanol–water partition coefficient (Wildman–Crippen LogP) is 6.70. The van der Waals surface area contributed by atoms with Crippen LogP contribution in [-0.4, -0.2) is 111 Å². The molecule has 370 valence electrons. The Morgan fingerprint density at radius 2 is 1.29 bits per heavy atom. The Bertz CT molecular complexity index is 3390. The number of carboxylic acid groups (broad SMARTS) is 1. The minimum absolute atomic E-state index is 0.0276. The molecule has 2 aliphatic heterocycles. The average Bonchev–Trinajstić information content (AvgIpc) is 3.58. The van der Waals surface area contributed by atoms with E-state index in [1.165, 1.54) is 18.2 Å². The fourth-order valence-corrected chi connectivity index (χ4v) is 12.7. The zero-order valence-corrected chi connectivity index (χ0v) is 41.3. The van der Waals surface area contributed by atoms with Crippen LogP contribution in [0.1, 0.15) is 89.7 Å². The van der Waals surface area contributed by atoms with E-state index in [4.69, 9.17) is 0 Å².